The number of H-pyrrole nitrogens is 1. The van der Waals surface area contributed by atoms with E-state index in [2.05, 4.69) is 9.97 Å². The summed E-state index contributed by atoms with van der Waals surface area (Å²) >= 11 is 0. The molecule has 0 aliphatic carbocycles. The van der Waals surface area contributed by atoms with Gasteiger partial charge in [-0.05, 0) is 6.07 Å². The molecule has 0 atom stereocenters. The summed E-state index contributed by atoms with van der Waals surface area (Å²) in [6.07, 6.45) is 1.26. The van der Waals surface area contributed by atoms with Crippen LogP contribution in [0.5, 0.6) is 0 Å². The predicted octanol–water partition coefficient (Wildman–Crippen LogP) is 3.65. The molecule has 0 saturated heterocycles. The van der Waals surface area contributed by atoms with Crippen LogP contribution >= 0.6 is 0 Å². The number of rotatable bonds is 1. The highest BCUT2D eigenvalue weighted by Crippen LogP contribution is 2.31. The Labute approximate surface area is 100 Å². The van der Waals surface area contributed by atoms with E-state index in [9.17, 15) is 13.2 Å². The molecule has 0 unspecified atom stereocenters. The molecule has 0 bridgehead atoms. The van der Waals surface area contributed by atoms with Crippen molar-refractivity contribution in [2.45, 2.75) is 0 Å². The molecular formula is C13H7F3N2. The smallest absolute Gasteiger partial charge is 0.161 e. The number of halogens is 3. The number of fused-ring (bicyclic) bond motifs is 1. The summed E-state index contributed by atoms with van der Waals surface area (Å²) in [5.41, 5.74) is -0.273. The van der Waals surface area contributed by atoms with Crippen molar-refractivity contribution >= 4 is 11.0 Å². The van der Waals surface area contributed by atoms with E-state index in [1.54, 1.807) is 0 Å². The summed E-state index contributed by atoms with van der Waals surface area (Å²) in [5, 5.41) is 0. The van der Waals surface area contributed by atoms with Crippen molar-refractivity contribution in [2.24, 2.45) is 0 Å². The zero-order valence-electron chi connectivity index (χ0n) is 9.05. The molecule has 0 amide bonds. The maximum atomic E-state index is 14.1. The lowest BCUT2D eigenvalue weighted by Crippen LogP contribution is -1.94. The van der Waals surface area contributed by atoms with Crippen molar-refractivity contribution in [2.75, 3.05) is 0 Å². The zero-order chi connectivity index (χ0) is 12.7. The maximum absolute atomic E-state index is 14.1. The van der Waals surface area contributed by atoms with Gasteiger partial charge in [0.1, 0.15) is 17.2 Å². The third-order valence-electron chi connectivity index (χ3n) is 2.75. The lowest BCUT2D eigenvalue weighted by atomic mass is 10.0. The minimum atomic E-state index is -0.864. The average molecular weight is 248 g/mol. The predicted molar refractivity (Wildman–Crippen MR) is 61.4 cm³/mol. The molecule has 2 aromatic carbocycles. The normalized spacial score (nSPS) is 11.1. The minimum Gasteiger partial charge on any atom is -0.344 e. The molecule has 1 N–H and O–H groups in total. The molecule has 0 radical (unpaired) electrons. The summed E-state index contributed by atoms with van der Waals surface area (Å²) in [7, 11) is 0. The standard InChI is InChI=1S/C13H7F3N2/c14-8-4-2-1-3-7(8)11-9(15)5-10-13(12(11)16)18-6-17-10/h1-6H,(H,17,18). The number of aromatic amines is 1. The Morgan fingerprint density at radius 2 is 1.78 bits per heavy atom. The number of nitrogens with zero attached hydrogens (tertiary/aromatic N) is 1. The van der Waals surface area contributed by atoms with E-state index >= 15 is 0 Å². The van der Waals surface area contributed by atoms with E-state index in [1.165, 1.54) is 24.5 Å². The van der Waals surface area contributed by atoms with Crippen LogP contribution in [0.15, 0.2) is 36.7 Å². The molecule has 0 saturated carbocycles. The first-order chi connectivity index (χ1) is 8.68. The van der Waals surface area contributed by atoms with Crippen molar-refractivity contribution in [3.05, 3.63) is 54.1 Å². The number of hydrogen-bond donors (Lipinski definition) is 1. The zero-order valence-corrected chi connectivity index (χ0v) is 9.05. The van der Waals surface area contributed by atoms with Gasteiger partial charge in [0, 0.05) is 11.6 Å². The number of hydrogen-bond acceptors (Lipinski definition) is 1. The number of aromatic nitrogens is 2. The molecule has 0 fully saturated rings. The van der Waals surface area contributed by atoms with Crippen LogP contribution in [0.2, 0.25) is 0 Å². The summed E-state index contributed by atoms with van der Waals surface area (Å²) in [6.45, 7) is 0. The highest BCUT2D eigenvalue weighted by molar-refractivity contribution is 5.83. The molecule has 1 aromatic heterocycles. The monoisotopic (exact) mass is 248 g/mol. The van der Waals surface area contributed by atoms with E-state index in [4.69, 9.17) is 0 Å². The van der Waals surface area contributed by atoms with Gasteiger partial charge in [-0.2, -0.15) is 0 Å². The first-order valence-electron chi connectivity index (χ1n) is 5.24. The lowest BCUT2D eigenvalue weighted by Gasteiger charge is -2.06. The fourth-order valence-electron chi connectivity index (χ4n) is 1.92. The summed E-state index contributed by atoms with van der Waals surface area (Å²) in [5.74, 6) is -2.36. The summed E-state index contributed by atoms with van der Waals surface area (Å²) in [6, 6.07) is 6.57. The van der Waals surface area contributed by atoms with Gasteiger partial charge in [0.25, 0.3) is 0 Å². The Morgan fingerprint density at radius 3 is 2.56 bits per heavy atom. The van der Waals surface area contributed by atoms with Gasteiger partial charge in [-0.15, -0.1) is 0 Å². The molecular weight excluding hydrogens is 241 g/mol. The van der Waals surface area contributed by atoms with E-state index < -0.39 is 23.0 Å². The molecule has 5 heteroatoms. The second-order valence-electron chi connectivity index (χ2n) is 3.83. The Bertz CT molecular complexity index is 734. The first kappa shape index (κ1) is 10.8. The van der Waals surface area contributed by atoms with Crippen LogP contribution in [-0.4, -0.2) is 9.97 Å². The first-order valence-corrected chi connectivity index (χ1v) is 5.24. The fraction of sp³-hybridized carbons (Fsp3) is 0. The van der Waals surface area contributed by atoms with Crippen LogP contribution in [0.1, 0.15) is 0 Å². The summed E-state index contributed by atoms with van der Waals surface area (Å²) in [4.78, 5) is 6.37. The van der Waals surface area contributed by atoms with E-state index in [0.29, 0.717) is 0 Å². The highest BCUT2D eigenvalue weighted by Gasteiger charge is 2.19. The molecule has 1 heterocycles. The van der Waals surface area contributed by atoms with Gasteiger partial charge >= 0.3 is 0 Å². The van der Waals surface area contributed by atoms with Gasteiger partial charge in [0.05, 0.1) is 17.4 Å². The van der Waals surface area contributed by atoms with Crippen LogP contribution in [0.25, 0.3) is 22.2 Å². The van der Waals surface area contributed by atoms with Gasteiger partial charge in [-0.25, -0.2) is 18.2 Å². The van der Waals surface area contributed by atoms with Crippen molar-refractivity contribution in [1.29, 1.82) is 0 Å². The van der Waals surface area contributed by atoms with Crippen molar-refractivity contribution < 1.29 is 13.2 Å². The van der Waals surface area contributed by atoms with Crippen LogP contribution in [0.3, 0.4) is 0 Å². The number of nitrogens with one attached hydrogen (secondary N) is 1. The largest absolute Gasteiger partial charge is 0.344 e. The Balaban J connectivity index is 2.39. The number of benzene rings is 2. The quantitative estimate of drug-likeness (QED) is 0.699. The molecule has 3 rings (SSSR count). The molecule has 2 nitrogen and oxygen atoms in total. The van der Waals surface area contributed by atoms with Crippen LogP contribution in [-0.2, 0) is 0 Å². The molecule has 0 spiro atoms. The van der Waals surface area contributed by atoms with E-state index in [1.807, 2.05) is 0 Å². The minimum absolute atomic E-state index is 0.00495. The van der Waals surface area contributed by atoms with E-state index in [-0.39, 0.29) is 16.6 Å². The van der Waals surface area contributed by atoms with Crippen LogP contribution in [0.4, 0.5) is 13.2 Å². The summed E-state index contributed by atoms with van der Waals surface area (Å²) < 4.78 is 41.6. The van der Waals surface area contributed by atoms with Crippen molar-refractivity contribution in [3.63, 3.8) is 0 Å². The SMILES string of the molecule is Fc1ccccc1-c1c(F)cc2[nH]cnc2c1F. The third kappa shape index (κ3) is 1.48. The molecule has 0 aliphatic heterocycles. The van der Waals surface area contributed by atoms with Crippen molar-refractivity contribution in [1.82, 2.24) is 9.97 Å². The second kappa shape index (κ2) is 3.87. The maximum Gasteiger partial charge on any atom is 0.161 e. The van der Waals surface area contributed by atoms with Crippen molar-refractivity contribution in [3.8, 4) is 11.1 Å². The van der Waals surface area contributed by atoms with Crippen LogP contribution < -0.4 is 0 Å². The molecule has 90 valence electrons. The molecule has 18 heavy (non-hydrogen) atoms. The second-order valence-corrected chi connectivity index (χ2v) is 3.83. The molecule has 3 aromatic rings. The Hall–Kier alpha value is -2.30. The Morgan fingerprint density at radius 1 is 1.00 bits per heavy atom. The average Bonchev–Trinajstić information content (AvgIpc) is 2.79. The Kier molecular flexibility index (Phi) is 2.33. The fourth-order valence-corrected chi connectivity index (χ4v) is 1.92. The van der Waals surface area contributed by atoms with Gasteiger partial charge in [-0.1, -0.05) is 18.2 Å². The highest BCUT2D eigenvalue weighted by atomic mass is 19.1. The third-order valence-corrected chi connectivity index (χ3v) is 2.75. The van der Waals surface area contributed by atoms with Gasteiger partial charge < -0.3 is 4.98 Å². The molecule has 0 aliphatic rings. The van der Waals surface area contributed by atoms with Crippen LogP contribution in [0, 0.1) is 17.5 Å². The van der Waals surface area contributed by atoms with E-state index in [0.717, 1.165) is 12.1 Å². The lowest BCUT2D eigenvalue weighted by molar-refractivity contribution is 0.588. The number of imidazole rings is 1. The van der Waals surface area contributed by atoms with Gasteiger partial charge in [0.2, 0.25) is 0 Å². The van der Waals surface area contributed by atoms with Gasteiger partial charge in [-0.3, -0.25) is 0 Å². The van der Waals surface area contributed by atoms with Gasteiger partial charge in [0.15, 0.2) is 5.82 Å². The topological polar surface area (TPSA) is 28.7 Å².